The molecule has 1 amide bonds. The van der Waals surface area contributed by atoms with Gasteiger partial charge in [0.05, 0.1) is 5.60 Å². The highest BCUT2D eigenvalue weighted by molar-refractivity contribution is 5.72. The van der Waals surface area contributed by atoms with Crippen LogP contribution in [-0.4, -0.2) is 23.2 Å². The fraction of sp³-hybridized carbons (Fsp3) is 0.889. The van der Waals surface area contributed by atoms with Gasteiger partial charge in [0.25, 0.3) is 0 Å². The SMILES string of the molecule is CCC(O)(CC)CCNC(C)=O. The second-order valence-electron chi connectivity index (χ2n) is 3.16. The molecule has 0 aromatic carbocycles. The molecule has 0 spiro atoms. The molecule has 0 aromatic rings. The Morgan fingerprint density at radius 3 is 2.25 bits per heavy atom. The third-order valence-corrected chi connectivity index (χ3v) is 2.28. The van der Waals surface area contributed by atoms with Gasteiger partial charge in [0.1, 0.15) is 0 Å². The number of hydrogen-bond acceptors (Lipinski definition) is 2. The van der Waals surface area contributed by atoms with E-state index in [0.717, 1.165) is 12.8 Å². The number of nitrogens with one attached hydrogen (secondary N) is 1. The summed E-state index contributed by atoms with van der Waals surface area (Å²) in [5.74, 6) is -0.0374. The van der Waals surface area contributed by atoms with Gasteiger partial charge in [-0.25, -0.2) is 0 Å². The maximum Gasteiger partial charge on any atom is 0.216 e. The number of hydrogen-bond donors (Lipinski definition) is 2. The molecule has 0 unspecified atom stereocenters. The van der Waals surface area contributed by atoms with Gasteiger partial charge in [0, 0.05) is 13.5 Å². The highest BCUT2D eigenvalue weighted by atomic mass is 16.3. The van der Waals surface area contributed by atoms with Crippen molar-refractivity contribution in [2.24, 2.45) is 0 Å². The van der Waals surface area contributed by atoms with Crippen molar-refractivity contribution in [3.8, 4) is 0 Å². The Bertz CT molecular complexity index is 141. The van der Waals surface area contributed by atoms with Crippen LogP contribution in [0.1, 0.15) is 40.0 Å². The number of carbonyl (C=O) groups excluding carboxylic acids is 1. The maximum absolute atomic E-state index is 10.5. The highest BCUT2D eigenvalue weighted by Crippen LogP contribution is 2.17. The van der Waals surface area contributed by atoms with E-state index >= 15 is 0 Å². The summed E-state index contributed by atoms with van der Waals surface area (Å²) >= 11 is 0. The van der Waals surface area contributed by atoms with Gasteiger partial charge in [0.15, 0.2) is 0 Å². The molecule has 12 heavy (non-hydrogen) atoms. The Morgan fingerprint density at radius 2 is 1.92 bits per heavy atom. The Balaban J connectivity index is 3.65. The Labute approximate surface area is 74.2 Å². The molecular formula is C9H19NO2. The molecule has 0 atom stereocenters. The Morgan fingerprint density at radius 1 is 1.42 bits per heavy atom. The topological polar surface area (TPSA) is 49.3 Å². The van der Waals surface area contributed by atoms with Crippen LogP contribution in [0.2, 0.25) is 0 Å². The van der Waals surface area contributed by atoms with E-state index in [1.54, 1.807) is 0 Å². The molecule has 2 N–H and O–H groups in total. The largest absolute Gasteiger partial charge is 0.390 e. The van der Waals surface area contributed by atoms with Gasteiger partial charge in [0.2, 0.25) is 5.91 Å². The zero-order valence-electron chi connectivity index (χ0n) is 8.18. The minimum absolute atomic E-state index is 0.0374. The predicted molar refractivity (Wildman–Crippen MR) is 48.8 cm³/mol. The van der Waals surface area contributed by atoms with Gasteiger partial charge in [-0.05, 0) is 19.3 Å². The van der Waals surface area contributed by atoms with Crippen LogP contribution in [-0.2, 0) is 4.79 Å². The molecule has 0 fully saturated rings. The first-order chi connectivity index (χ1) is 5.54. The summed E-state index contributed by atoms with van der Waals surface area (Å²) < 4.78 is 0. The Kier molecular flexibility index (Phi) is 4.90. The van der Waals surface area contributed by atoms with E-state index < -0.39 is 5.60 Å². The van der Waals surface area contributed by atoms with Gasteiger partial charge < -0.3 is 10.4 Å². The van der Waals surface area contributed by atoms with E-state index in [9.17, 15) is 9.90 Å². The third-order valence-electron chi connectivity index (χ3n) is 2.28. The van der Waals surface area contributed by atoms with Crippen LogP contribution in [0.3, 0.4) is 0 Å². The van der Waals surface area contributed by atoms with E-state index in [0.29, 0.717) is 13.0 Å². The molecule has 0 aliphatic carbocycles. The summed E-state index contributed by atoms with van der Waals surface area (Å²) in [7, 11) is 0. The monoisotopic (exact) mass is 173 g/mol. The van der Waals surface area contributed by atoms with Crippen LogP contribution in [0.4, 0.5) is 0 Å². The van der Waals surface area contributed by atoms with Crippen molar-refractivity contribution >= 4 is 5.91 Å². The fourth-order valence-corrected chi connectivity index (χ4v) is 1.07. The van der Waals surface area contributed by atoms with Gasteiger partial charge in [-0.3, -0.25) is 4.79 Å². The molecular weight excluding hydrogens is 154 g/mol. The average molecular weight is 173 g/mol. The summed E-state index contributed by atoms with van der Waals surface area (Å²) in [5.41, 5.74) is -0.595. The molecule has 3 nitrogen and oxygen atoms in total. The zero-order chi connectivity index (χ0) is 9.61. The molecule has 0 saturated carbocycles. The summed E-state index contributed by atoms with van der Waals surface area (Å²) in [6, 6.07) is 0. The van der Waals surface area contributed by atoms with Crippen molar-refractivity contribution < 1.29 is 9.90 Å². The quantitative estimate of drug-likeness (QED) is 0.653. The van der Waals surface area contributed by atoms with E-state index in [4.69, 9.17) is 0 Å². The summed E-state index contributed by atoms with van der Waals surface area (Å²) in [6.45, 7) is 5.96. The number of amides is 1. The van der Waals surface area contributed by atoms with Crippen molar-refractivity contribution in [1.82, 2.24) is 5.32 Å². The summed E-state index contributed by atoms with van der Waals surface area (Å²) in [5, 5.41) is 12.5. The van der Waals surface area contributed by atoms with Gasteiger partial charge in [-0.15, -0.1) is 0 Å². The van der Waals surface area contributed by atoms with Crippen molar-refractivity contribution in [2.45, 2.75) is 45.6 Å². The molecule has 0 heterocycles. The van der Waals surface area contributed by atoms with Crippen LogP contribution in [0.25, 0.3) is 0 Å². The lowest BCUT2D eigenvalue weighted by atomic mass is 9.93. The van der Waals surface area contributed by atoms with E-state index in [-0.39, 0.29) is 5.91 Å². The van der Waals surface area contributed by atoms with Gasteiger partial charge in [-0.1, -0.05) is 13.8 Å². The second kappa shape index (κ2) is 5.14. The molecule has 0 aromatic heterocycles. The molecule has 0 radical (unpaired) electrons. The summed E-state index contributed by atoms with van der Waals surface area (Å²) in [4.78, 5) is 10.5. The molecule has 3 heteroatoms. The average Bonchev–Trinajstić information content (AvgIpc) is 2.03. The minimum Gasteiger partial charge on any atom is -0.390 e. The van der Waals surface area contributed by atoms with Crippen LogP contribution in [0.5, 0.6) is 0 Å². The van der Waals surface area contributed by atoms with Gasteiger partial charge in [-0.2, -0.15) is 0 Å². The maximum atomic E-state index is 10.5. The smallest absolute Gasteiger partial charge is 0.216 e. The molecule has 0 aliphatic rings. The molecule has 0 aliphatic heterocycles. The van der Waals surface area contributed by atoms with Crippen LogP contribution < -0.4 is 5.32 Å². The van der Waals surface area contributed by atoms with E-state index in [1.807, 2.05) is 13.8 Å². The molecule has 0 saturated heterocycles. The van der Waals surface area contributed by atoms with Crippen molar-refractivity contribution in [1.29, 1.82) is 0 Å². The normalized spacial score (nSPS) is 11.3. The van der Waals surface area contributed by atoms with E-state index in [1.165, 1.54) is 6.92 Å². The van der Waals surface area contributed by atoms with Crippen molar-refractivity contribution in [3.05, 3.63) is 0 Å². The van der Waals surface area contributed by atoms with Crippen LogP contribution in [0.15, 0.2) is 0 Å². The third kappa shape index (κ3) is 4.34. The van der Waals surface area contributed by atoms with Crippen LogP contribution in [0, 0.1) is 0 Å². The zero-order valence-corrected chi connectivity index (χ0v) is 8.18. The fourth-order valence-electron chi connectivity index (χ4n) is 1.07. The Hall–Kier alpha value is -0.570. The summed E-state index contributed by atoms with van der Waals surface area (Å²) in [6.07, 6.45) is 2.12. The lowest BCUT2D eigenvalue weighted by Crippen LogP contribution is -2.33. The number of rotatable bonds is 5. The lowest BCUT2D eigenvalue weighted by molar-refractivity contribution is -0.119. The molecule has 0 bridgehead atoms. The molecule has 0 rings (SSSR count). The second-order valence-corrected chi connectivity index (χ2v) is 3.16. The van der Waals surface area contributed by atoms with Crippen LogP contribution >= 0.6 is 0 Å². The lowest BCUT2D eigenvalue weighted by Gasteiger charge is -2.24. The van der Waals surface area contributed by atoms with Crippen molar-refractivity contribution in [3.63, 3.8) is 0 Å². The number of carbonyl (C=O) groups is 1. The first-order valence-electron chi connectivity index (χ1n) is 4.51. The molecule has 72 valence electrons. The standard InChI is InChI=1S/C9H19NO2/c1-4-9(12,5-2)6-7-10-8(3)11/h12H,4-7H2,1-3H3,(H,10,11). The van der Waals surface area contributed by atoms with Gasteiger partial charge >= 0.3 is 0 Å². The van der Waals surface area contributed by atoms with E-state index in [2.05, 4.69) is 5.32 Å². The number of aliphatic hydroxyl groups is 1. The minimum atomic E-state index is -0.595. The predicted octanol–water partition coefficient (Wildman–Crippen LogP) is 1.06. The van der Waals surface area contributed by atoms with Crippen molar-refractivity contribution in [2.75, 3.05) is 6.54 Å². The highest BCUT2D eigenvalue weighted by Gasteiger charge is 2.21. The first kappa shape index (κ1) is 11.4. The first-order valence-corrected chi connectivity index (χ1v) is 4.51.